The van der Waals surface area contributed by atoms with Gasteiger partial charge in [-0.2, -0.15) is 5.10 Å². The molecule has 1 saturated carbocycles. The molecular formula is C22H28N6OS. The molecule has 2 aliphatic rings. The van der Waals surface area contributed by atoms with Crippen molar-refractivity contribution in [2.45, 2.75) is 65.3 Å². The van der Waals surface area contributed by atoms with Crippen LogP contribution in [-0.2, 0) is 4.79 Å². The highest BCUT2D eigenvalue weighted by Gasteiger charge is 2.53. The van der Waals surface area contributed by atoms with Crippen LogP contribution < -0.4 is 5.32 Å². The fourth-order valence-corrected chi connectivity index (χ4v) is 6.03. The quantitative estimate of drug-likeness (QED) is 0.596. The molecule has 30 heavy (non-hydrogen) atoms. The van der Waals surface area contributed by atoms with Gasteiger partial charge < -0.3 is 10.2 Å². The molecule has 1 saturated heterocycles. The summed E-state index contributed by atoms with van der Waals surface area (Å²) in [5.74, 6) is 1.23. The molecule has 1 N–H and O–H groups in total. The molecule has 0 aromatic carbocycles. The standard InChI is InChI=1S/C22H28N6OS/c1-4-5-6-7-16(29)28-10-22(11-28)8-15(9-22)25-20-19-18(23-12-24-20)17-13(2)14(3)26-27-21(17)30-19/h12,15H,4-11H2,1-3H3,(H,23,24,25). The highest BCUT2D eigenvalue weighted by atomic mass is 32.1. The van der Waals surface area contributed by atoms with Crippen molar-refractivity contribution in [1.29, 1.82) is 0 Å². The van der Waals surface area contributed by atoms with E-state index < -0.39 is 0 Å². The molecule has 1 spiro atoms. The Labute approximate surface area is 180 Å². The average molecular weight is 425 g/mol. The third-order valence-corrected chi connectivity index (χ3v) is 7.83. The lowest BCUT2D eigenvalue weighted by molar-refractivity contribution is -0.150. The summed E-state index contributed by atoms with van der Waals surface area (Å²) >= 11 is 1.61. The number of aryl methyl sites for hydroxylation is 2. The molecule has 0 unspecified atom stereocenters. The maximum absolute atomic E-state index is 12.3. The van der Waals surface area contributed by atoms with Crippen LogP contribution in [0.3, 0.4) is 0 Å². The van der Waals surface area contributed by atoms with Crippen LogP contribution in [0.15, 0.2) is 6.33 Å². The second-order valence-electron chi connectivity index (χ2n) is 9.05. The summed E-state index contributed by atoms with van der Waals surface area (Å²) in [5, 5.41) is 13.4. The van der Waals surface area contributed by atoms with Crippen LogP contribution in [-0.4, -0.2) is 50.1 Å². The first-order valence-electron chi connectivity index (χ1n) is 10.9. The number of amides is 1. The molecule has 1 aliphatic carbocycles. The van der Waals surface area contributed by atoms with Crippen molar-refractivity contribution in [2.24, 2.45) is 5.41 Å². The lowest BCUT2D eigenvalue weighted by Gasteiger charge is -2.59. The monoisotopic (exact) mass is 424 g/mol. The summed E-state index contributed by atoms with van der Waals surface area (Å²) in [6.07, 6.45) is 7.86. The Bertz CT molecular complexity index is 1110. The Balaban J connectivity index is 1.24. The summed E-state index contributed by atoms with van der Waals surface area (Å²) in [5.41, 5.74) is 3.36. The zero-order valence-corrected chi connectivity index (χ0v) is 18.7. The van der Waals surface area contributed by atoms with Gasteiger partial charge in [-0.1, -0.05) is 19.8 Å². The first-order chi connectivity index (χ1) is 14.5. The maximum atomic E-state index is 12.3. The van der Waals surface area contributed by atoms with Crippen molar-refractivity contribution in [2.75, 3.05) is 18.4 Å². The molecule has 7 nitrogen and oxygen atoms in total. The van der Waals surface area contributed by atoms with Gasteiger partial charge in [0, 0.05) is 36.4 Å². The third-order valence-electron chi connectivity index (χ3n) is 6.76. The largest absolute Gasteiger partial charge is 0.366 e. The van der Waals surface area contributed by atoms with Crippen LogP contribution in [0.25, 0.3) is 20.4 Å². The Hall–Kier alpha value is -2.35. The van der Waals surface area contributed by atoms with Crippen molar-refractivity contribution < 1.29 is 4.79 Å². The van der Waals surface area contributed by atoms with Gasteiger partial charge in [-0.05, 0) is 38.7 Å². The number of unbranched alkanes of at least 4 members (excludes halogenated alkanes) is 2. The number of nitrogens with zero attached hydrogens (tertiary/aromatic N) is 5. The third kappa shape index (κ3) is 3.21. The number of hydrogen-bond donors (Lipinski definition) is 1. The molecule has 3 aromatic rings. The van der Waals surface area contributed by atoms with Crippen molar-refractivity contribution in [3.8, 4) is 0 Å². The number of thiophene rings is 1. The van der Waals surface area contributed by atoms with E-state index >= 15 is 0 Å². The number of aromatic nitrogens is 4. The van der Waals surface area contributed by atoms with Gasteiger partial charge in [-0.15, -0.1) is 16.4 Å². The van der Waals surface area contributed by atoms with Gasteiger partial charge in [-0.25, -0.2) is 9.97 Å². The number of rotatable bonds is 6. The molecule has 3 aromatic heterocycles. The molecule has 4 heterocycles. The Morgan fingerprint density at radius 3 is 2.80 bits per heavy atom. The number of likely N-dealkylation sites (tertiary alicyclic amines) is 1. The van der Waals surface area contributed by atoms with E-state index in [9.17, 15) is 4.79 Å². The molecule has 1 aliphatic heterocycles. The summed E-state index contributed by atoms with van der Waals surface area (Å²) in [4.78, 5) is 24.3. The maximum Gasteiger partial charge on any atom is 0.222 e. The number of carbonyl (C=O) groups is 1. The number of carbonyl (C=O) groups excluding carboxylic acids is 1. The predicted octanol–water partition coefficient (Wildman–Crippen LogP) is 4.23. The molecule has 0 bridgehead atoms. The summed E-state index contributed by atoms with van der Waals surface area (Å²) < 4.78 is 1.05. The SMILES string of the molecule is CCCCCC(=O)N1CC2(CC(Nc3ncnc4c3sc3nnc(C)c(C)c34)C2)C1. The Kier molecular flexibility index (Phi) is 4.84. The molecule has 0 radical (unpaired) electrons. The van der Waals surface area contributed by atoms with E-state index in [1.165, 1.54) is 0 Å². The van der Waals surface area contributed by atoms with Gasteiger partial charge in [0.2, 0.25) is 5.91 Å². The average Bonchev–Trinajstić information content (AvgIpc) is 3.05. The highest BCUT2D eigenvalue weighted by molar-refractivity contribution is 7.25. The molecule has 5 rings (SSSR count). The van der Waals surface area contributed by atoms with E-state index in [2.05, 4.69) is 39.3 Å². The van der Waals surface area contributed by atoms with Crippen molar-refractivity contribution in [3.63, 3.8) is 0 Å². The lowest BCUT2D eigenvalue weighted by Crippen LogP contribution is -2.66. The molecule has 1 amide bonds. The van der Waals surface area contributed by atoms with E-state index in [1.807, 2.05) is 11.8 Å². The van der Waals surface area contributed by atoms with Crippen molar-refractivity contribution in [1.82, 2.24) is 25.1 Å². The Morgan fingerprint density at radius 2 is 2.03 bits per heavy atom. The lowest BCUT2D eigenvalue weighted by atomic mass is 9.60. The number of hydrogen-bond acceptors (Lipinski definition) is 7. The van der Waals surface area contributed by atoms with E-state index in [0.717, 1.165) is 82.7 Å². The smallest absolute Gasteiger partial charge is 0.222 e. The zero-order valence-electron chi connectivity index (χ0n) is 17.9. The fraction of sp³-hybridized carbons (Fsp3) is 0.591. The minimum absolute atomic E-state index is 0.323. The van der Waals surface area contributed by atoms with Gasteiger partial charge in [0.25, 0.3) is 0 Å². The number of fused-ring (bicyclic) bond motifs is 3. The molecule has 2 fully saturated rings. The zero-order chi connectivity index (χ0) is 20.9. The molecular weight excluding hydrogens is 396 g/mol. The van der Waals surface area contributed by atoms with E-state index in [1.54, 1.807) is 17.7 Å². The second kappa shape index (κ2) is 7.41. The minimum Gasteiger partial charge on any atom is -0.366 e. The van der Waals surface area contributed by atoms with E-state index in [-0.39, 0.29) is 0 Å². The Morgan fingerprint density at radius 1 is 1.23 bits per heavy atom. The van der Waals surface area contributed by atoms with Crippen LogP contribution in [0, 0.1) is 19.3 Å². The fourth-order valence-electron chi connectivity index (χ4n) is 4.95. The minimum atomic E-state index is 0.323. The predicted molar refractivity (Wildman–Crippen MR) is 120 cm³/mol. The van der Waals surface area contributed by atoms with E-state index in [4.69, 9.17) is 0 Å². The van der Waals surface area contributed by atoms with Crippen LogP contribution in [0.2, 0.25) is 0 Å². The van der Waals surface area contributed by atoms with Crippen molar-refractivity contribution in [3.05, 3.63) is 17.6 Å². The van der Waals surface area contributed by atoms with Crippen LogP contribution in [0.1, 0.15) is 56.7 Å². The van der Waals surface area contributed by atoms with Gasteiger partial charge >= 0.3 is 0 Å². The highest BCUT2D eigenvalue weighted by Crippen LogP contribution is 2.50. The molecule has 158 valence electrons. The van der Waals surface area contributed by atoms with Crippen molar-refractivity contribution >= 4 is 43.5 Å². The number of nitrogens with one attached hydrogen (secondary N) is 1. The van der Waals surface area contributed by atoms with Crippen LogP contribution >= 0.6 is 11.3 Å². The van der Waals surface area contributed by atoms with Gasteiger partial charge in [0.05, 0.1) is 15.9 Å². The summed E-state index contributed by atoms with van der Waals surface area (Å²) in [7, 11) is 0. The van der Waals surface area contributed by atoms with Crippen LogP contribution in [0.5, 0.6) is 0 Å². The summed E-state index contributed by atoms with van der Waals surface area (Å²) in [6, 6.07) is 0.402. The molecule has 8 heteroatoms. The van der Waals surface area contributed by atoms with Gasteiger partial charge in [-0.3, -0.25) is 4.79 Å². The summed E-state index contributed by atoms with van der Waals surface area (Å²) in [6.45, 7) is 8.08. The van der Waals surface area contributed by atoms with Gasteiger partial charge in [0.15, 0.2) is 0 Å². The first-order valence-corrected chi connectivity index (χ1v) is 11.7. The van der Waals surface area contributed by atoms with Crippen LogP contribution in [0.4, 0.5) is 5.82 Å². The van der Waals surface area contributed by atoms with Gasteiger partial charge in [0.1, 0.15) is 17.0 Å². The second-order valence-corrected chi connectivity index (χ2v) is 10.0. The number of anilines is 1. The van der Waals surface area contributed by atoms with E-state index in [0.29, 0.717) is 23.8 Å². The normalized spacial score (nSPS) is 18.0. The first kappa shape index (κ1) is 19.6. The topological polar surface area (TPSA) is 83.9 Å². The molecule has 0 atom stereocenters.